The van der Waals surface area contributed by atoms with Crippen molar-refractivity contribution in [2.24, 2.45) is 5.73 Å². The van der Waals surface area contributed by atoms with E-state index >= 15 is 0 Å². The number of fused-ring (bicyclic) bond motifs is 1. The van der Waals surface area contributed by atoms with Crippen LogP contribution in [0.15, 0.2) is 11.4 Å². The van der Waals surface area contributed by atoms with Gasteiger partial charge in [-0.1, -0.05) is 0 Å². The van der Waals surface area contributed by atoms with Crippen molar-refractivity contribution in [2.75, 3.05) is 13.1 Å². The number of hydrogen-bond donors (Lipinski definition) is 1. The molecule has 3 heteroatoms. The largest absolute Gasteiger partial charge is 0.329 e. The van der Waals surface area contributed by atoms with E-state index in [0.29, 0.717) is 12.1 Å². The summed E-state index contributed by atoms with van der Waals surface area (Å²) in [6, 6.07) is 3.29. The van der Waals surface area contributed by atoms with Crippen molar-refractivity contribution < 1.29 is 0 Å². The highest BCUT2D eigenvalue weighted by Crippen LogP contribution is 2.33. The van der Waals surface area contributed by atoms with Gasteiger partial charge in [-0.05, 0) is 37.3 Å². The van der Waals surface area contributed by atoms with Gasteiger partial charge >= 0.3 is 0 Å². The van der Waals surface area contributed by atoms with Gasteiger partial charge in [0.2, 0.25) is 0 Å². The summed E-state index contributed by atoms with van der Waals surface area (Å²) in [7, 11) is 0. The van der Waals surface area contributed by atoms with E-state index in [-0.39, 0.29) is 0 Å². The number of hydrogen-bond acceptors (Lipinski definition) is 3. The molecule has 1 aromatic heterocycles. The maximum Gasteiger partial charge on any atom is 0.0484 e. The lowest BCUT2D eigenvalue weighted by atomic mass is 9.98. The zero-order valence-corrected chi connectivity index (χ0v) is 9.68. The average molecular weight is 210 g/mol. The van der Waals surface area contributed by atoms with Gasteiger partial charge < -0.3 is 5.73 Å². The Morgan fingerprint density at radius 2 is 2.43 bits per heavy atom. The van der Waals surface area contributed by atoms with Gasteiger partial charge in [0.25, 0.3) is 0 Å². The minimum atomic E-state index is 0.449. The third-order valence-corrected chi connectivity index (χ3v) is 4.02. The molecule has 78 valence electrons. The fourth-order valence-electron chi connectivity index (χ4n) is 2.30. The minimum Gasteiger partial charge on any atom is -0.329 e. The molecule has 0 fully saturated rings. The summed E-state index contributed by atoms with van der Waals surface area (Å²) in [5.41, 5.74) is 7.34. The first-order valence-electron chi connectivity index (χ1n) is 5.26. The third kappa shape index (κ3) is 1.60. The summed E-state index contributed by atoms with van der Waals surface area (Å²) >= 11 is 1.88. The van der Waals surface area contributed by atoms with Gasteiger partial charge in [-0.15, -0.1) is 11.3 Å². The van der Waals surface area contributed by atoms with Crippen molar-refractivity contribution in [3.8, 4) is 0 Å². The molecule has 0 bridgehead atoms. The first-order valence-corrected chi connectivity index (χ1v) is 6.14. The molecule has 0 spiro atoms. The molecular formula is C11H18N2S. The van der Waals surface area contributed by atoms with Crippen LogP contribution in [0.3, 0.4) is 0 Å². The molecule has 2 heterocycles. The first-order chi connectivity index (χ1) is 6.74. The highest BCUT2D eigenvalue weighted by atomic mass is 32.1. The van der Waals surface area contributed by atoms with Crippen LogP contribution < -0.4 is 5.73 Å². The molecule has 1 unspecified atom stereocenters. The Balaban J connectivity index is 2.29. The lowest BCUT2D eigenvalue weighted by Crippen LogP contribution is -2.42. The monoisotopic (exact) mass is 210 g/mol. The topological polar surface area (TPSA) is 29.3 Å². The van der Waals surface area contributed by atoms with Crippen molar-refractivity contribution >= 4 is 11.3 Å². The van der Waals surface area contributed by atoms with E-state index in [1.807, 2.05) is 11.3 Å². The predicted octanol–water partition coefficient (Wildman–Crippen LogP) is 2.01. The van der Waals surface area contributed by atoms with Crippen molar-refractivity contribution in [2.45, 2.75) is 32.4 Å². The summed E-state index contributed by atoms with van der Waals surface area (Å²) in [6.07, 6.45) is 1.20. The van der Waals surface area contributed by atoms with Gasteiger partial charge in [0.05, 0.1) is 0 Å². The molecule has 1 aliphatic rings. The van der Waals surface area contributed by atoms with Crippen LogP contribution in [0, 0.1) is 0 Å². The van der Waals surface area contributed by atoms with Gasteiger partial charge in [-0.3, -0.25) is 4.90 Å². The fourth-order valence-corrected chi connectivity index (χ4v) is 3.22. The molecule has 0 aliphatic carbocycles. The molecule has 0 saturated heterocycles. The first kappa shape index (κ1) is 10.1. The molecule has 0 amide bonds. The summed E-state index contributed by atoms with van der Waals surface area (Å²) in [4.78, 5) is 4.05. The normalized spacial score (nSPS) is 22.7. The van der Waals surface area contributed by atoms with E-state index < -0.39 is 0 Å². The second-order valence-corrected chi connectivity index (χ2v) is 5.13. The smallest absolute Gasteiger partial charge is 0.0484 e. The lowest BCUT2D eigenvalue weighted by molar-refractivity contribution is 0.148. The quantitative estimate of drug-likeness (QED) is 0.809. The molecule has 2 rings (SSSR count). The van der Waals surface area contributed by atoms with Gasteiger partial charge in [-0.25, -0.2) is 0 Å². The summed E-state index contributed by atoms with van der Waals surface area (Å²) in [6.45, 7) is 6.40. The molecule has 1 atom stereocenters. The van der Waals surface area contributed by atoms with E-state index in [0.717, 1.165) is 13.1 Å². The van der Waals surface area contributed by atoms with E-state index in [4.69, 9.17) is 5.73 Å². The Morgan fingerprint density at radius 1 is 1.64 bits per heavy atom. The summed E-state index contributed by atoms with van der Waals surface area (Å²) in [5, 5.41) is 2.19. The Bertz CT molecular complexity index is 306. The molecular weight excluding hydrogens is 192 g/mol. The number of thiophene rings is 1. The molecule has 1 aromatic rings. The van der Waals surface area contributed by atoms with Crippen LogP contribution in [0.1, 0.15) is 30.3 Å². The Hall–Kier alpha value is -0.380. The van der Waals surface area contributed by atoms with Gasteiger partial charge in [0.15, 0.2) is 0 Å². The SMILES string of the molecule is CC(C)N1CCc2sccc2C1CN. The summed E-state index contributed by atoms with van der Waals surface area (Å²) < 4.78 is 0. The molecule has 0 aromatic carbocycles. The van der Waals surface area contributed by atoms with E-state index in [9.17, 15) is 0 Å². The van der Waals surface area contributed by atoms with Crippen LogP contribution in [-0.2, 0) is 6.42 Å². The molecule has 0 saturated carbocycles. The number of nitrogens with zero attached hydrogens (tertiary/aromatic N) is 1. The van der Waals surface area contributed by atoms with Crippen LogP contribution in [-0.4, -0.2) is 24.0 Å². The predicted molar refractivity (Wildman–Crippen MR) is 61.7 cm³/mol. The maximum absolute atomic E-state index is 5.87. The average Bonchev–Trinajstić information content (AvgIpc) is 2.63. The zero-order chi connectivity index (χ0) is 10.1. The van der Waals surface area contributed by atoms with E-state index in [1.165, 1.54) is 16.9 Å². The van der Waals surface area contributed by atoms with Crippen molar-refractivity contribution in [3.05, 3.63) is 21.9 Å². The summed E-state index contributed by atoms with van der Waals surface area (Å²) in [5.74, 6) is 0. The van der Waals surface area contributed by atoms with Crippen LogP contribution >= 0.6 is 11.3 Å². The molecule has 1 aliphatic heterocycles. The molecule has 2 nitrogen and oxygen atoms in total. The van der Waals surface area contributed by atoms with Crippen LogP contribution in [0.4, 0.5) is 0 Å². The minimum absolute atomic E-state index is 0.449. The maximum atomic E-state index is 5.87. The zero-order valence-electron chi connectivity index (χ0n) is 8.86. The van der Waals surface area contributed by atoms with Crippen LogP contribution in [0.25, 0.3) is 0 Å². The standard InChI is InChI=1S/C11H18N2S/c1-8(2)13-5-3-11-9(4-6-14-11)10(13)7-12/h4,6,8,10H,3,5,7,12H2,1-2H3. The van der Waals surface area contributed by atoms with Gasteiger partial charge in [0, 0.05) is 30.1 Å². The molecule has 14 heavy (non-hydrogen) atoms. The second-order valence-electron chi connectivity index (χ2n) is 4.13. The lowest BCUT2D eigenvalue weighted by Gasteiger charge is -2.38. The highest BCUT2D eigenvalue weighted by molar-refractivity contribution is 7.10. The van der Waals surface area contributed by atoms with Crippen LogP contribution in [0.2, 0.25) is 0 Å². The van der Waals surface area contributed by atoms with Crippen LogP contribution in [0.5, 0.6) is 0 Å². The Morgan fingerprint density at radius 3 is 3.07 bits per heavy atom. The highest BCUT2D eigenvalue weighted by Gasteiger charge is 2.28. The number of nitrogens with two attached hydrogens (primary N) is 1. The van der Waals surface area contributed by atoms with E-state index in [2.05, 4.69) is 30.2 Å². The molecule has 0 radical (unpaired) electrons. The number of rotatable bonds is 2. The Kier molecular flexibility index (Phi) is 2.91. The third-order valence-electron chi connectivity index (χ3n) is 3.02. The van der Waals surface area contributed by atoms with Crippen molar-refractivity contribution in [1.29, 1.82) is 0 Å². The van der Waals surface area contributed by atoms with Crippen molar-refractivity contribution in [1.82, 2.24) is 4.90 Å². The fraction of sp³-hybridized carbons (Fsp3) is 0.636. The molecule has 2 N–H and O–H groups in total. The Labute approximate surface area is 89.7 Å². The van der Waals surface area contributed by atoms with Crippen molar-refractivity contribution in [3.63, 3.8) is 0 Å². The van der Waals surface area contributed by atoms with Gasteiger partial charge in [-0.2, -0.15) is 0 Å². The van der Waals surface area contributed by atoms with Gasteiger partial charge in [0.1, 0.15) is 0 Å². The second kappa shape index (κ2) is 4.01. The van der Waals surface area contributed by atoms with E-state index in [1.54, 1.807) is 0 Å².